The molecular weight excluding hydrogens is 266 g/mol. The molecule has 2 aliphatic heterocycles. The second-order valence-corrected chi connectivity index (χ2v) is 6.44. The third kappa shape index (κ3) is 4.41. The molecule has 3 atom stereocenters. The van der Waals surface area contributed by atoms with Crippen LogP contribution in [0.25, 0.3) is 0 Å². The van der Waals surface area contributed by atoms with E-state index >= 15 is 0 Å². The fourth-order valence-corrected chi connectivity index (χ4v) is 3.48. The third-order valence-electron chi connectivity index (χ3n) is 4.84. The van der Waals surface area contributed by atoms with Crippen LogP contribution in [0.2, 0.25) is 0 Å². The summed E-state index contributed by atoms with van der Waals surface area (Å²) in [6.45, 7) is 8.30. The van der Waals surface area contributed by atoms with Gasteiger partial charge in [-0.1, -0.05) is 6.92 Å². The van der Waals surface area contributed by atoms with Crippen molar-refractivity contribution in [2.75, 3.05) is 32.8 Å². The summed E-state index contributed by atoms with van der Waals surface area (Å²) in [6.07, 6.45) is 5.37. The highest BCUT2D eigenvalue weighted by atomic mass is 16.5. The van der Waals surface area contributed by atoms with Crippen molar-refractivity contribution >= 4 is 5.91 Å². The van der Waals surface area contributed by atoms with Crippen molar-refractivity contribution in [2.45, 2.75) is 64.1 Å². The number of hydrogen-bond donors (Lipinski definition) is 1. The highest BCUT2D eigenvalue weighted by Gasteiger charge is 2.32. The summed E-state index contributed by atoms with van der Waals surface area (Å²) in [7, 11) is 0. The van der Waals surface area contributed by atoms with Crippen LogP contribution in [0.15, 0.2) is 0 Å². The van der Waals surface area contributed by atoms with Gasteiger partial charge in [0.15, 0.2) is 0 Å². The maximum absolute atomic E-state index is 12.5. The molecule has 0 bridgehead atoms. The van der Waals surface area contributed by atoms with E-state index in [1.54, 1.807) is 0 Å². The number of carbonyl (C=O) groups excluding carboxylic acids is 1. The molecule has 0 aromatic heterocycles. The number of rotatable bonds is 5. The summed E-state index contributed by atoms with van der Waals surface area (Å²) in [5, 5.41) is 0. The zero-order chi connectivity index (χ0) is 15.2. The number of hydrogen-bond acceptors (Lipinski definition) is 4. The summed E-state index contributed by atoms with van der Waals surface area (Å²) < 4.78 is 5.75. The van der Waals surface area contributed by atoms with Gasteiger partial charge in [-0.05, 0) is 32.6 Å². The van der Waals surface area contributed by atoms with E-state index in [4.69, 9.17) is 10.5 Å². The summed E-state index contributed by atoms with van der Waals surface area (Å²) in [5.74, 6) is 0.277. The molecule has 2 saturated heterocycles. The highest BCUT2D eigenvalue weighted by Crippen LogP contribution is 2.20. The van der Waals surface area contributed by atoms with Crippen molar-refractivity contribution < 1.29 is 9.53 Å². The number of amides is 1. The van der Waals surface area contributed by atoms with Crippen LogP contribution < -0.4 is 5.73 Å². The molecule has 21 heavy (non-hydrogen) atoms. The molecule has 0 aliphatic carbocycles. The molecule has 5 nitrogen and oxygen atoms in total. The van der Waals surface area contributed by atoms with Gasteiger partial charge in [-0.25, -0.2) is 0 Å². The lowest BCUT2D eigenvalue weighted by atomic mass is 10.0. The Bertz CT molecular complexity index is 331. The van der Waals surface area contributed by atoms with Crippen LogP contribution >= 0.6 is 0 Å². The lowest BCUT2D eigenvalue weighted by molar-refractivity contribution is -0.135. The van der Waals surface area contributed by atoms with Crippen molar-refractivity contribution in [3.63, 3.8) is 0 Å². The number of nitrogens with two attached hydrogens (primary N) is 1. The normalized spacial score (nSPS) is 29.4. The van der Waals surface area contributed by atoms with E-state index in [-0.39, 0.29) is 18.1 Å². The Morgan fingerprint density at radius 1 is 1.33 bits per heavy atom. The maximum atomic E-state index is 12.5. The van der Waals surface area contributed by atoms with Gasteiger partial charge >= 0.3 is 0 Å². The Balaban J connectivity index is 1.95. The van der Waals surface area contributed by atoms with Gasteiger partial charge in [0.05, 0.1) is 12.7 Å². The lowest BCUT2D eigenvalue weighted by Gasteiger charge is -2.43. The topological polar surface area (TPSA) is 58.8 Å². The number of carbonyl (C=O) groups is 1. The molecule has 2 rings (SSSR count). The summed E-state index contributed by atoms with van der Waals surface area (Å²) in [4.78, 5) is 16.9. The molecule has 2 aliphatic rings. The average Bonchev–Trinajstić information content (AvgIpc) is 2.53. The first-order valence-corrected chi connectivity index (χ1v) is 8.50. The molecule has 0 saturated carbocycles. The Labute approximate surface area is 128 Å². The first-order valence-electron chi connectivity index (χ1n) is 8.50. The largest absolute Gasteiger partial charge is 0.376 e. The second kappa shape index (κ2) is 8.11. The predicted molar refractivity (Wildman–Crippen MR) is 84.1 cm³/mol. The van der Waals surface area contributed by atoms with Crippen molar-refractivity contribution in [1.29, 1.82) is 0 Å². The van der Waals surface area contributed by atoms with E-state index < -0.39 is 0 Å². The lowest BCUT2D eigenvalue weighted by Crippen LogP contribution is -2.56. The fraction of sp³-hybridized carbons (Fsp3) is 0.938. The minimum absolute atomic E-state index is 0.149. The maximum Gasteiger partial charge on any atom is 0.224 e. The van der Waals surface area contributed by atoms with Gasteiger partial charge in [0, 0.05) is 44.7 Å². The van der Waals surface area contributed by atoms with E-state index in [1.165, 1.54) is 6.42 Å². The summed E-state index contributed by atoms with van der Waals surface area (Å²) in [5.41, 5.74) is 5.99. The molecule has 3 unspecified atom stereocenters. The Morgan fingerprint density at radius 3 is 2.67 bits per heavy atom. The van der Waals surface area contributed by atoms with Crippen molar-refractivity contribution in [3.05, 3.63) is 0 Å². The van der Waals surface area contributed by atoms with E-state index in [0.717, 1.165) is 45.5 Å². The van der Waals surface area contributed by atoms with Crippen molar-refractivity contribution in [3.8, 4) is 0 Å². The Hall–Kier alpha value is -0.650. The standard InChI is InChI=1S/C16H31N3O2/c1-3-14-12-21-13(2)11-19(14)15(10-17)9-16(20)18-7-5-4-6-8-18/h13-15H,3-12,17H2,1-2H3. The minimum atomic E-state index is 0.149. The number of ether oxygens (including phenoxy) is 1. The van der Waals surface area contributed by atoms with Crippen molar-refractivity contribution in [1.82, 2.24) is 9.80 Å². The zero-order valence-corrected chi connectivity index (χ0v) is 13.6. The molecule has 1 amide bonds. The van der Waals surface area contributed by atoms with Crippen LogP contribution in [0.1, 0.15) is 46.0 Å². The van der Waals surface area contributed by atoms with Gasteiger partial charge in [-0.15, -0.1) is 0 Å². The van der Waals surface area contributed by atoms with Crippen LogP contribution in [0.5, 0.6) is 0 Å². The minimum Gasteiger partial charge on any atom is -0.376 e. The molecule has 0 spiro atoms. The SMILES string of the molecule is CCC1COC(C)CN1C(CN)CC(=O)N1CCCCC1. The molecule has 2 heterocycles. The van der Waals surface area contributed by atoms with Crippen LogP contribution in [0, 0.1) is 0 Å². The quantitative estimate of drug-likeness (QED) is 0.829. The second-order valence-electron chi connectivity index (χ2n) is 6.44. The van der Waals surface area contributed by atoms with Crippen molar-refractivity contribution in [2.24, 2.45) is 5.73 Å². The summed E-state index contributed by atoms with van der Waals surface area (Å²) in [6, 6.07) is 0.541. The number of piperidine rings is 1. The molecule has 122 valence electrons. The Morgan fingerprint density at radius 2 is 2.05 bits per heavy atom. The molecule has 5 heteroatoms. The molecule has 2 fully saturated rings. The van der Waals surface area contributed by atoms with Gasteiger partial charge < -0.3 is 15.4 Å². The first kappa shape index (κ1) is 16.7. The number of nitrogens with zero attached hydrogens (tertiary/aromatic N) is 2. The predicted octanol–water partition coefficient (Wildman–Crippen LogP) is 1.22. The first-order chi connectivity index (χ1) is 10.2. The van der Waals surface area contributed by atoms with Crippen LogP contribution in [-0.4, -0.2) is 66.7 Å². The fourth-order valence-electron chi connectivity index (χ4n) is 3.48. The number of likely N-dealkylation sites (tertiary alicyclic amines) is 1. The molecular formula is C16H31N3O2. The molecule has 2 N–H and O–H groups in total. The van der Waals surface area contributed by atoms with E-state index in [2.05, 4.69) is 18.7 Å². The Kier molecular flexibility index (Phi) is 6.45. The molecule has 0 aromatic carbocycles. The molecule has 0 aromatic rings. The zero-order valence-electron chi connectivity index (χ0n) is 13.6. The van der Waals surface area contributed by atoms with Crippen LogP contribution in [0.3, 0.4) is 0 Å². The van der Waals surface area contributed by atoms with E-state index in [1.807, 2.05) is 4.90 Å². The van der Waals surface area contributed by atoms with Gasteiger partial charge in [0.25, 0.3) is 0 Å². The third-order valence-corrected chi connectivity index (χ3v) is 4.84. The summed E-state index contributed by atoms with van der Waals surface area (Å²) >= 11 is 0. The van der Waals surface area contributed by atoms with Gasteiger partial charge in [0.2, 0.25) is 5.91 Å². The molecule has 0 radical (unpaired) electrons. The van der Waals surface area contributed by atoms with Crippen LogP contribution in [-0.2, 0) is 9.53 Å². The average molecular weight is 297 g/mol. The van der Waals surface area contributed by atoms with Gasteiger partial charge in [-0.3, -0.25) is 9.69 Å². The van der Waals surface area contributed by atoms with E-state index in [9.17, 15) is 4.79 Å². The smallest absolute Gasteiger partial charge is 0.224 e. The monoisotopic (exact) mass is 297 g/mol. The van der Waals surface area contributed by atoms with Gasteiger partial charge in [-0.2, -0.15) is 0 Å². The highest BCUT2D eigenvalue weighted by molar-refractivity contribution is 5.77. The van der Waals surface area contributed by atoms with Gasteiger partial charge in [0.1, 0.15) is 0 Å². The number of morpholine rings is 1. The van der Waals surface area contributed by atoms with E-state index in [0.29, 0.717) is 19.0 Å². The van der Waals surface area contributed by atoms with Crippen LogP contribution in [0.4, 0.5) is 0 Å².